The number of rotatable bonds is 5. The number of carbonyl (C=O) groups is 3. The lowest BCUT2D eigenvalue weighted by molar-refractivity contribution is -0.120. The van der Waals surface area contributed by atoms with E-state index in [0.29, 0.717) is 16.7 Å². The molecule has 4 rings (SSSR count). The van der Waals surface area contributed by atoms with E-state index >= 15 is 4.39 Å². The number of carbonyl (C=O) groups excluding carboxylic acids is 3. The molecule has 2 N–H and O–H groups in total. The molecule has 2 aromatic rings. The van der Waals surface area contributed by atoms with Crippen molar-refractivity contribution in [3.05, 3.63) is 58.4 Å². The summed E-state index contributed by atoms with van der Waals surface area (Å²) in [4.78, 5) is 39.1. The van der Waals surface area contributed by atoms with Crippen LogP contribution in [-0.2, 0) is 25.9 Å². The fourth-order valence-corrected chi connectivity index (χ4v) is 5.70. The van der Waals surface area contributed by atoms with Crippen LogP contribution in [0.3, 0.4) is 0 Å². The molecule has 1 aliphatic heterocycles. The Morgan fingerprint density at radius 3 is 2.33 bits per heavy atom. The van der Waals surface area contributed by atoms with Crippen molar-refractivity contribution in [2.24, 2.45) is 0 Å². The summed E-state index contributed by atoms with van der Waals surface area (Å²) in [5.74, 6) is -7.41. The van der Waals surface area contributed by atoms with Crippen molar-refractivity contribution in [2.75, 3.05) is 10.7 Å². The van der Waals surface area contributed by atoms with E-state index < -0.39 is 79.8 Å². The summed E-state index contributed by atoms with van der Waals surface area (Å²) in [5, 5.41) is 4.67. The predicted molar refractivity (Wildman–Crippen MR) is 135 cm³/mol. The second kappa shape index (κ2) is 10.0. The van der Waals surface area contributed by atoms with Crippen LogP contribution in [0, 0.1) is 5.82 Å². The monoisotopic (exact) mass is 587 g/mol. The molecule has 1 saturated carbocycles. The summed E-state index contributed by atoms with van der Waals surface area (Å²) in [6.07, 6.45) is -1.66. The SMILES string of the molecule is CC(C)(C)OC(=O)N[C@H]1CS(=O)(=O)c2cc(F)c(C(=O)N[C@H]3CC3(F)F)cc2N(Cc2ccc(Cl)cc2)C1=O. The molecule has 2 aromatic carbocycles. The molecule has 1 heterocycles. The number of alkyl halides is 2. The highest BCUT2D eigenvalue weighted by Crippen LogP contribution is 2.42. The molecule has 0 aromatic heterocycles. The highest BCUT2D eigenvalue weighted by atomic mass is 35.5. The number of nitrogens with one attached hydrogen (secondary N) is 2. The molecule has 1 aliphatic carbocycles. The maximum absolute atomic E-state index is 15.0. The predicted octanol–water partition coefficient (Wildman–Crippen LogP) is 3.83. The van der Waals surface area contributed by atoms with Crippen LogP contribution in [0.2, 0.25) is 5.02 Å². The summed E-state index contributed by atoms with van der Waals surface area (Å²) in [5.41, 5.74) is -1.54. The standard InChI is InChI=1S/C25H25ClF3N3O6S/c1-24(2,3)38-23(35)30-17-12-39(36,37)19-9-16(27)15(21(33)31-20-10-25(20,28)29)8-18(19)32(22(17)34)11-13-4-6-14(26)7-5-13/h4-9,17,20H,10-12H2,1-3H3,(H,30,35)(H,31,33)/t17-,20-/m0/s1. The van der Waals surface area contributed by atoms with Crippen LogP contribution in [0.25, 0.3) is 0 Å². The molecule has 0 saturated heterocycles. The van der Waals surface area contributed by atoms with Crippen LogP contribution in [0.4, 0.5) is 23.7 Å². The Morgan fingerprint density at radius 1 is 1.15 bits per heavy atom. The van der Waals surface area contributed by atoms with E-state index in [2.05, 4.69) is 5.32 Å². The summed E-state index contributed by atoms with van der Waals surface area (Å²) < 4.78 is 73.5. The zero-order valence-electron chi connectivity index (χ0n) is 21.1. The number of fused-ring (bicyclic) bond motifs is 1. The maximum atomic E-state index is 15.0. The van der Waals surface area contributed by atoms with Crippen molar-refractivity contribution >= 4 is 45.0 Å². The van der Waals surface area contributed by atoms with Crippen molar-refractivity contribution in [1.29, 1.82) is 0 Å². The Labute approximate surface area is 227 Å². The van der Waals surface area contributed by atoms with Crippen molar-refractivity contribution < 1.29 is 40.7 Å². The van der Waals surface area contributed by atoms with Gasteiger partial charge in [-0.2, -0.15) is 0 Å². The van der Waals surface area contributed by atoms with Gasteiger partial charge in [-0.25, -0.2) is 26.4 Å². The van der Waals surface area contributed by atoms with Crippen molar-refractivity contribution in [3.8, 4) is 0 Å². The van der Waals surface area contributed by atoms with E-state index in [1.165, 1.54) is 12.1 Å². The van der Waals surface area contributed by atoms with Crippen LogP contribution in [-0.4, -0.2) is 55.7 Å². The first-order chi connectivity index (χ1) is 18.0. The molecule has 0 spiro atoms. The van der Waals surface area contributed by atoms with E-state index in [-0.39, 0.29) is 12.2 Å². The highest BCUT2D eigenvalue weighted by molar-refractivity contribution is 7.91. The Kier molecular flexibility index (Phi) is 7.36. The quantitative estimate of drug-likeness (QED) is 0.548. The van der Waals surface area contributed by atoms with E-state index in [4.69, 9.17) is 16.3 Å². The topological polar surface area (TPSA) is 122 Å². The van der Waals surface area contributed by atoms with Gasteiger partial charge in [-0.15, -0.1) is 0 Å². The molecule has 14 heteroatoms. The molecule has 39 heavy (non-hydrogen) atoms. The van der Waals surface area contributed by atoms with Gasteiger partial charge < -0.3 is 20.3 Å². The Hall–Kier alpha value is -3.32. The third-order valence-corrected chi connectivity index (χ3v) is 7.97. The van der Waals surface area contributed by atoms with Gasteiger partial charge in [-0.3, -0.25) is 9.59 Å². The van der Waals surface area contributed by atoms with E-state index in [9.17, 15) is 31.6 Å². The Bertz CT molecular complexity index is 1440. The Morgan fingerprint density at radius 2 is 1.77 bits per heavy atom. The zero-order valence-corrected chi connectivity index (χ0v) is 22.6. The van der Waals surface area contributed by atoms with E-state index in [0.717, 1.165) is 11.0 Å². The number of benzene rings is 2. The minimum atomic E-state index is -4.42. The fourth-order valence-electron chi connectivity index (χ4n) is 3.96. The van der Waals surface area contributed by atoms with Crippen LogP contribution in [0.1, 0.15) is 43.1 Å². The molecule has 0 bridgehead atoms. The average molecular weight is 588 g/mol. The first-order valence-electron chi connectivity index (χ1n) is 11.8. The zero-order chi connectivity index (χ0) is 28.9. The molecular formula is C25H25ClF3N3O6S. The lowest BCUT2D eigenvalue weighted by Gasteiger charge is -2.27. The van der Waals surface area contributed by atoms with Gasteiger partial charge in [0.05, 0.1) is 34.5 Å². The molecule has 3 amide bonds. The molecule has 0 unspecified atom stereocenters. The summed E-state index contributed by atoms with van der Waals surface area (Å²) in [6.45, 7) is 4.48. The van der Waals surface area contributed by atoms with Gasteiger partial charge in [-0.05, 0) is 50.6 Å². The molecule has 2 atom stereocenters. The number of hydrogen-bond acceptors (Lipinski definition) is 6. The number of nitrogens with zero attached hydrogens (tertiary/aromatic N) is 1. The number of alkyl carbamates (subject to hydrolysis) is 1. The molecule has 0 radical (unpaired) electrons. The van der Waals surface area contributed by atoms with Gasteiger partial charge in [0.25, 0.3) is 17.7 Å². The summed E-state index contributed by atoms with van der Waals surface area (Å²) in [6, 6.07) is 4.49. The second-order valence-electron chi connectivity index (χ2n) is 10.3. The smallest absolute Gasteiger partial charge is 0.408 e. The number of sulfone groups is 1. The van der Waals surface area contributed by atoms with Crippen LogP contribution in [0.5, 0.6) is 0 Å². The molecule has 9 nitrogen and oxygen atoms in total. The fraction of sp³-hybridized carbons (Fsp3) is 0.400. The number of amides is 3. The normalized spacial score (nSPS) is 21.4. The van der Waals surface area contributed by atoms with Gasteiger partial charge in [-0.1, -0.05) is 23.7 Å². The van der Waals surface area contributed by atoms with Crippen LogP contribution >= 0.6 is 11.6 Å². The van der Waals surface area contributed by atoms with Gasteiger partial charge in [0, 0.05) is 11.4 Å². The van der Waals surface area contributed by atoms with Gasteiger partial charge >= 0.3 is 6.09 Å². The van der Waals surface area contributed by atoms with Crippen molar-refractivity contribution in [3.63, 3.8) is 0 Å². The van der Waals surface area contributed by atoms with Gasteiger partial charge in [0.1, 0.15) is 17.5 Å². The van der Waals surface area contributed by atoms with E-state index in [1.807, 2.05) is 5.32 Å². The lowest BCUT2D eigenvalue weighted by atomic mass is 10.1. The first-order valence-corrected chi connectivity index (χ1v) is 13.8. The Balaban J connectivity index is 1.78. The largest absolute Gasteiger partial charge is 0.444 e. The third kappa shape index (κ3) is 6.47. The van der Waals surface area contributed by atoms with Crippen LogP contribution < -0.4 is 15.5 Å². The first kappa shape index (κ1) is 28.7. The average Bonchev–Trinajstić information content (AvgIpc) is 3.42. The number of ether oxygens (including phenoxy) is 1. The maximum Gasteiger partial charge on any atom is 0.408 e. The molecule has 1 fully saturated rings. The van der Waals surface area contributed by atoms with Gasteiger partial charge in [0.15, 0.2) is 9.84 Å². The number of anilines is 1. The summed E-state index contributed by atoms with van der Waals surface area (Å²) >= 11 is 5.94. The molecular weight excluding hydrogens is 563 g/mol. The van der Waals surface area contributed by atoms with Gasteiger partial charge in [0.2, 0.25) is 0 Å². The minimum Gasteiger partial charge on any atom is -0.444 e. The molecule has 210 valence electrons. The van der Waals surface area contributed by atoms with E-state index in [1.54, 1.807) is 32.9 Å². The van der Waals surface area contributed by atoms with Crippen molar-refractivity contribution in [1.82, 2.24) is 10.6 Å². The number of hydrogen-bond donors (Lipinski definition) is 2. The van der Waals surface area contributed by atoms with Crippen LogP contribution in [0.15, 0.2) is 41.3 Å². The number of halogens is 4. The van der Waals surface area contributed by atoms with Crippen molar-refractivity contribution in [2.45, 2.75) is 62.2 Å². The minimum absolute atomic E-state index is 0.252. The molecule has 2 aliphatic rings. The second-order valence-corrected chi connectivity index (χ2v) is 12.8. The summed E-state index contributed by atoms with van der Waals surface area (Å²) in [7, 11) is -4.42. The third-order valence-electron chi connectivity index (χ3n) is 5.95. The highest BCUT2D eigenvalue weighted by Gasteiger charge is 2.58. The lowest BCUT2D eigenvalue weighted by Crippen LogP contribution is -2.51.